The first-order chi connectivity index (χ1) is 34.0. The third-order valence-corrected chi connectivity index (χ3v) is 12.2. The fraction of sp³-hybridized carbons (Fsp3) is 0.667. The minimum atomic E-state index is -4.64. The smallest absolute Gasteiger partial charge is 0.306 e. The second-order valence-electron chi connectivity index (χ2n) is 19.2. The Balaban J connectivity index is 4.14. The van der Waals surface area contributed by atoms with Gasteiger partial charge >= 0.3 is 11.9 Å². The lowest BCUT2D eigenvalue weighted by atomic mass is 10.0. The van der Waals surface area contributed by atoms with Crippen LogP contribution in [0.25, 0.3) is 0 Å². The lowest BCUT2D eigenvalue weighted by molar-refractivity contribution is -0.870. The van der Waals surface area contributed by atoms with Gasteiger partial charge in [0.05, 0.1) is 27.7 Å². The highest BCUT2D eigenvalue weighted by atomic mass is 31.2. The van der Waals surface area contributed by atoms with Crippen molar-refractivity contribution in [1.29, 1.82) is 0 Å². The van der Waals surface area contributed by atoms with E-state index in [1.54, 1.807) is 0 Å². The quantitative estimate of drug-likeness (QED) is 0.0195. The number of phosphoric acid groups is 1. The Morgan fingerprint density at radius 3 is 1.21 bits per heavy atom. The Morgan fingerprint density at radius 1 is 0.457 bits per heavy atom. The molecule has 0 aromatic heterocycles. The molecule has 0 N–H and O–H groups in total. The zero-order valence-electron chi connectivity index (χ0n) is 45.2. The summed E-state index contributed by atoms with van der Waals surface area (Å²) in [6.45, 7) is 4.02. The van der Waals surface area contributed by atoms with Gasteiger partial charge in [0.1, 0.15) is 19.8 Å². The van der Waals surface area contributed by atoms with Crippen molar-refractivity contribution in [3.63, 3.8) is 0 Å². The van der Waals surface area contributed by atoms with E-state index in [1.165, 1.54) is 51.4 Å². The Hall–Kier alpha value is -3.33. The standard InChI is InChI=1S/C60H102NO8P/c1-6-8-10-12-14-16-18-20-21-22-23-24-25-26-27-28-29-30-31-32-33-34-35-36-37-38-39-41-43-45-47-49-51-53-60(63)69-58(57-68-70(64,65)67-55-54-61(3,4)5)56-66-59(62)52-50-48-46-44-42-40-19-17-15-13-11-9-7-2/h8,10-11,13-14,16-17,19-21,23-24,26-27,29-30,32-33,58H,6-7,9,12,15,18,22,25,28,31,34-57H2,1-5H3/b10-8-,13-11-,16-14-,19-17-,21-20-,24-23-,27-26-,30-29-,33-32-. The largest absolute Gasteiger partial charge is 0.756 e. The van der Waals surface area contributed by atoms with Crippen LogP contribution >= 0.6 is 7.82 Å². The molecular formula is C60H102NO8P. The highest BCUT2D eigenvalue weighted by Gasteiger charge is 2.21. The van der Waals surface area contributed by atoms with Gasteiger partial charge in [0.15, 0.2) is 6.10 Å². The van der Waals surface area contributed by atoms with E-state index in [4.69, 9.17) is 18.5 Å². The van der Waals surface area contributed by atoms with Gasteiger partial charge in [0.25, 0.3) is 7.82 Å². The molecule has 0 fully saturated rings. The molecule has 0 aliphatic carbocycles. The maximum atomic E-state index is 12.8. The molecule has 0 aliphatic rings. The summed E-state index contributed by atoms with van der Waals surface area (Å²) in [6.07, 6.45) is 69.9. The van der Waals surface area contributed by atoms with Crippen LogP contribution in [-0.2, 0) is 32.7 Å². The maximum Gasteiger partial charge on any atom is 0.306 e. The highest BCUT2D eigenvalue weighted by molar-refractivity contribution is 7.45. The highest BCUT2D eigenvalue weighted by Crippen LogP contribution is 2.38. The van der Waals surface area contributed by atoms with E-state index >= 15 is 0 Å². The second kappa shape index (κ2) is 50.6. The Kier molecular flexibility index (Phi) is 48.2. The fourth-order valence-electron chi connectivity index (χ4n) is 7.03. The lowest BCUT2D eigenvalue weighted by Crippen LogP contribution is -2.37. The van der Waals surface area contributed by atoms with Gasteiger partial charge in [-0.3, -0.25) is 14.2 Å². The molecular weight excluding hydrogens is 894 g/mol. The molecule has 0 saturated carbocycles. The van der Waals surface area contributed by atoms with E-state index < -0.39 is 32.5 Å². The van der Waals surface area contributed by atoms with E-state index in [1.807, 2.05) is 21.1 Å². The van der Waals surface area contributed by atoms with Crippen LogP contribution in [0.15, 0.2) is 109 Å². The number of rotatable bonds is 49. The SMILES string of the molecule is CC/C=C\C/C=C\C/C=C\C/C=C\C/C=C\C/C=C\C/C=C\CCCCCCCCCCCCCC(=O)OC(COC(=O)CCCCCCC/C=C\C/C=C\CCC)COP(=O)([O-])OCC[N+](C)(C)C. The van der Waals surface area contributed by atoms with Crippen molar-refractivity contribution >= 4 is 19.8 Å². The number of ether oxygens (including phenoxy) is 2. The van der Waals surface area contributed by atoms with Gasteiger partial charge in [-0.15, -0.1) is 0 Å². The first kappa shape index (κ1) is 66.7. The van der Waals surface area contributed by atoms with Crippen molar-refractivity contribution < 1.29 is 42.1 Å². The summed E-state index contributed by atoms with van der Waals surface area (Å²) in [5, 5.41) is 0. The number of quaternary nitrogens is 1. The first-order valence-electron chi connectivity index (χ1n) is 27.6. The van der Waals surface area contributed by atoms with E-state index in [0.29, 0.717) is 23.9 Å². The Bertz CT molecular complexity index is 1550. The minimum Gasteiger partial charge on any atom is -0.756 e. The number of hydrogen-bond donors (Lipinski definition) is 0. The van der Waals surface area contributed by atoms with Crippen molar-refractivity contribution in [3.8, 4) is 0 Å². The molecule has 9 nitrogen and oxygen atoms in total. The van der Waals surface area contributed by atoms with Crippen LogP contribution in [0.1, 0.15) is 206 Å². The summed E-state index contributed by atoms with van der Waals surface area (Å²) in [4.78, 5) is 37.7. The van der Waals surface area contributed by atoms with Crippen LogP contribution in [0, 0.1) is 0 Å². The summed E-state index contributed by atoms with van der Waals surface area (Å²) < 4.78 is 34.0. The summed E-state index contributed by atoms with van der Waals surface area (Å²) in [7, 11) is 1.14. The fourth-order valence-corrected chi connectivity index (χ4v) is 7.75. The van der Waals surface area contributed by atoms with Gasteiger partial charge in [-0.05, 0) is 96.3 Å². The molecule has 0 saturated heterocycles. The number of carbonyl (C=O) groups excluding carboxylic acids is 2. The minimum absolute atomic E-state index is 0.0388. The van der Waals surface area contributed by atoms with Crippen LogP contribution in [0.2, 0.25) is 0 Å². The maximum absolute atomic E-state index is 12.8. The summed E-state index contributed by atoms with van der Waals surface area (Å²) in [6, 6.07) is 0. The molecule has 0 aromatic rings. The monoisotopic (exact) mass is 996 g/mol. The predicted molar refractivity (Wildman–Crippen MR) is 295 cm³/mol. The lowest BCUT2D eigenvalue weighted by Gasteiger charge is -2.28. The molecule has 0 aliphatic heterocycles. The molecule has 10 heteroatoms. The Labute approximate surface area is 429 Å². The van der Waals surface area contributed by atoms with Crippen molar-refractivity contribution in [2.24, 2.45) is 0 Å². The van der Waals surface area contributed by atoms with E-state index in [9.17, 15) is 19.0 Å². The van der Waals surface area contributed by atoms with Crippen LogP contribution in [0.4, 0.5) is 0 Å². The molecule has 0 spiro atoms. The van der Waals surface area contributed by atoms with E-state index in [-0.39, 0.29) is 26.1 Å². The van der Waals surface area contributed by atoms with Gasteiger partial charge in [-0.1, -0.05) is 207 Å². The van der Waals surface area contributed by atoms with Crippen molar-refractivity contribution in [1.82, 2.24) is 0 Å². The number of esters is 2. The summed E-state index contributed by atoms with van der Waals surface area (Å²) in [5.41, 5.74) is 0. The second-order valence-corrected chi connectivity index (χ2v) is 20.6. The van der Waals surface area contributed by atoms with Crippen LogP contribution in [-0.4, -0.2) is 70.0 Å². The molecule has 70 heavy (non-hydrogen) atoms. The topological polar surface area (TPSA) is 111 Å². The molecule has 0 amide bonds. The van der Waals surface area contributed by atoms with Gasteiger partial charge in [0, 0.05) is 12.8 Å². The molecule has 0 bridgehead atoms. The molecule has 0 heterocycles. The zero-order valence-corrected chi connectivity index (χ0v) is 46.1. The average Bonchev–Trinajstić information content (AvgIpc) is 3.32. The number of nitrogens with zero attached hydrogens (tertiary/aromatic N) is 1. The number of phosphoric ester groups is 1. The van der Waals surface area contributed by atoms with Crippen LogP contribution in [0.3, 0.4) is 0 Å². The number of unbranched alkanes of at least 4 members (excludes halogenated alkanes) is 17. The Morgan fingerprint density at radius 2 is 0.814 bits per heavy atom. The summed E-state index contributed by atoms with van der Waals surface area (Å²) >= 11 is 0. The van der Waals surface area contributed by atoms with Crippen LogP contribution < -0.4 is 4.89 Å². The predicted octanol–water partition coefficient (Wildman–Crippen LogP) is 16.4. The number of likely N-dealkylation sites (N-methyl/N-ethyl adjacent to an activating group) is 1. The molecule has 2 unspecified atom stereocenters. The molecule has 0 radical (unpaired) electrons. The van der Waals surface area contributed by atoms with Gasteiger partial charge in [-0.2, -0.15) is 0 Å². The van der Waals surface area contributed by atoms with Gasteiger partial charge < -0.3 is 27.9 Å². The van der Waals surface area contributed by atoms with E-state index in [2.05, 4.69) is 123 Å². The van der Waals surface area contributed by atoms with Crippen molar-refractivity contribution in [2.45, 2.75) is 213 Å². The number of hydrogen-bond acceptors (Lipinski definition) is 8. The number of allylic oxidation sites excluding steroid dienone is 18. The van der Waals surface area contributed by atoms with E-state index in [0.717, 1.165) is 116 Å². The van der Waals surface area contributed by atoms with Crippen molar-refractivity contribution in [2.75, 3.05) is 47.5 Å². The number of carbonyl (C=O) groups is 2. The zero-order chi connectivity index (χ0) is 51.3. The van der Waals surface area contributed by atoms with Gasteiger partial charge in [-0.25, -0.2) is 0 Å². The molecule has 400 valence electrons. The molecule has 2 atom stereocenters. The van der Waals surface area contributed by atoms with Crippen LogP contribution in [0.5, 0.6) is 0 Å². The normalized spacial score (nSPS) is 14.2. The first-order valence-corrected chi connectivity index (χ1v) is 29.1. The third kappa shape index (κ3) is 54.0. The molecule has 0 aromatic carbocycles. The van der Waals surface area contributed by atoms with Crippen molar-refractivity contribution in [3.05, 3.63) is 109 Å². The third-order valence-electron chi connectivity index (χ3n) is 11.3. The average molecular weight is 996 g/mol. The van der Waals surface area contributed by atoms with Gasteiger partial charge in [0.2, 0.25) is 0 Å². The summed E-state index contributed by atoms with van der Waals surface area (Å²) in [5.74, 6) is -0.861. The molecule has 0 rings (SSSR count).